The van der Waals surface area contributed by atoms with Gasteiger partial charge in [0.2, 0.25) is 5.91 Å². The van der Waals surface area contributed by atoms with E-state index in [1.165, 1.54) is 12.4 Å². The van der Waals surface area contributed by atoms with Crippen LogP contribution in [0.5, 0.6) is 0 Å². The van der Waals surface area contributed by atoms with Crippen molar-refractivity contribution in [2.75, 3.05) is 37.0 Å². The first-order valence-electron chi connectivity index (χ1n) is 11.5. The lowest BCUT2D eigenvalue weighted by molar-refractivity contribution is -0.137. The van der Waals surface area contributed by atoms with Gasteiger partial charge >= 0.3 is 6.18 Å². The van der Waals surface area contributed by atoms with Gasteiger partial charge in [-0.15, -0.1) is 0 Å². The van der Waals surface area contributed by atoms with Crippen molar-refractivity contribution in [3.63, 3.8) is 0 Å². The van der Waals surface area contributed by atoms with Crippen molar-refractivity contribution >= 4 is 34.4 Å². The van der Waals surface area contributed by atoms with E-state index < -0.39 is 11.7 Å². The zero-order chi connectivity index (χ0) is 24.3. The molecule has 2 aromatic rings. The fourth-order valence-electron chi connectivity index (χ4n) is 4.88. The number of halogens is 3. The topological polar surface area (TPSA) is 90.4 Å². The number of aliphatic hydroxyl groups excluding tert-OH is 1. The maximum Gasteiger partial charge on any atom is 0.416 e. The van der Waals surface area contributed by atoms with E-state index >= 15 is 0 Å². The first kappa shape index (κ1) is 25.0. The highest BCUT2D eigenvalue weighted by Crippen LogP contribution is 2.33. The highest BCUT2D eigenvalue weighted by atomic mass is 32.2. The summed E-state index contributed by atoms with van der Waals surface area (Å²) in [5.74, 6) is 1.14. The lowest BCUT2D eigenvalue weighted by atomic mass is 9.81. The third-order valence-electron chi connectivity index (χ3n) is 6.79. The minimum absolute atomic E-state index is 0.0630. The Hall–Kier alpha value is -2.11. The predicted octanol–water partition coefficient (Wildman–Crippen LogP) is 3.14. The number of aromatic nitrogens is 2. The number of likely N-dealkylation sites (tertiary alicyclic amines) is 1. The largest absolute Gasteiger partial charge is 0.416 e. The summed E-state index contributed by atoms with van der Waals surface area (Å²) in [6, 6.07) is 3.83. The van der Waals surface area contributed by atoms with Crippen LogP contribution in [0.4, 0.5) is 19.0 Å². The molecule has 1 unspecified atom stereocenters. The minimum Gasteiger partial charge on any atom is -0.392 e. The second-order valence-corrected chi connectivity index (χ2v) is 10.0. The Morgan fingerprint density at radius 2 is 1.97 bits per heavy atom. The molecule has 1 aromatic heterocycles. The lowest BCUT2D eigenvalue weighted by Gasteiger charge is -2.47. The van der Waals surface area contributed by atoms with E-state index in [-0.39, 0.29) is 35.8 Å². The number of aliphatic hydroxyl groups is 1. The van der Waals surface area contributed by atoms with Crippen LogP contribution in [-0.4, -0.2) is 75.7 Å². The van der Waals surface area contributed by atoms with E-state index in [0.717, 1.165) is 56.7 Å². The van der Waals surface area contributed by atoms with Crippen LogP contribution in [0.2, 0.25) is 0 Å². The smallest absolute Gasteiger partial charge is 0.392 e. The zero-order valence-electron chi connectivity index (χ0n) is 19.0. The molecule has 1 aromatic carbocycles. The summed E-state index contributed by atoms with van der Waals surface area (Å²) in [7, 11) is 0. The molecule has 0 radical (unpaired) electrons. The van der Waals surface area contributed by atoms with Crippen molar-refractivity contribution in [3.8, 4) is 0 Å². The Morgan fingerprint density at radius 1 is 1.24 bits per heavy atom. The second kappa shape index (κ2) is 10.7. The monoisotopic (exact) mass is 497 g/mol. The Bertz CT molecular complexity index is 994. The van der Waals surface area contributed by atoms with Gasteiger partial charge in [-0.3, -0.25) is 9.69 Å². The van der Waals surface area contributed by atoms with Crippen molar-refractivity contribution in [2.24, 2.45) is 5.92 Å². The number of nitrogens with zero attached hydrogens (tertiary/aromatic N) is 3. The van der Waals surface area contributed by atoms with E-state index in [9.17, 15) is 23.1 Å². The molecule has 2 fully saturated rings. The zero-order valence-corrected chi connectivity index (χ0v) is 19.8. The highest BCUT2D eigenvalue weighted by Gasteiger charge is 2.36. The van der Waals surface area contributed by atoms with E-state index in [1.807, 2.05) is 6.26 Å². The number of alkyl halides is 3. The number of hydrogen-bond donors (Lipinski definition) is 3. The highest BCUT2D eigenvalue weighted by molar-refractivity contribution is 7.98. The number of nitrogens with one attached hydrogen (secondary N) is 2. The summed E-state index contributed by atoms with van der Waals surface area (Å²) in [5, 5.41) is 16.3. The van der Waals surface area contributed by atoms with Gasteiger partial charge < -0.3 is 15.7 Å². The fraction of sp³-hybridized carbons (Fsp3) is 0.609. The third kappa shape index (κ3) is 5.92. The van der Waals surface area contributed by atoms with Crippen molar-refractivity contribution < 1.29 is 23.1 Å². The molecule has 186 valence electrons. The van der Waals surface area contributed by atoms with Crippen molar-refractivity contribution in [3.05, 3.63) is 30.1 Å². The third-order valence-corrected chi connectivity index (χ3v) is 7.47. The van der Waals surface area contributed by atoms with Crippen LogP contribution in [0, 0.1) is 5.92 Å². The number of rotatable bonds is 8. The normalized spacial score (nSPS) is 22.9. The maximum absolute atomic E-state index is 13.1. The molecule has 4 rings (SSSR count). The Morgan fingerprint density at radius 3 is 2.65 bits per heavy atom. The van der Waals surface area contributed by atoms with Gasteiger partial charge in [-0.1, -0.05) is 0 Å². The van der Waals surface area contributed by atoms with Gasteiger partial charge in [-0.25, -0.2) is 9.97 Å². The van der Waals surface area contributed by atoms with E-state index in [4.69, 9.17) is 0 Å². The van der Waals surface area contributed by atoms with Crippen LogP contribution in [0.25, 0.3) is 10.9 Å². The van der Waals surface area contributed by atoms with Gasteiger partial charge in [0.1, 0.15) is 12.1 Å². The summed E-state index contributed by atoms with van der Waals surface area (Å²) < 4.78 is 39.2. The molecule has 1 aliphatic carbocycles. The van der Waals surface area contributed by atoms with Crippen molar-refractivity contribution in [1.29, 1.82) is 0 Å². The molecule has 1 amide bonds. The van der Waals surface area contributed by atoms with Crippen LogP contribution in [0.3, 0.4) is 0 Å². The number of thioether (sulfide) groups is 1. The number of carbonyl (C=O) groups excluding carboxylic acids is 1. The molecular weight excluding hydrogens is 467 g/mol. The number of amides is 1. The molecule has 3 N–H and O–H groups in total. The summed E-state index contributed by atoms with van der Waals surface area (Å²) in [6.45, 7) is 1.50. The molecule has 2 aliphatic rings. The Labute approximate surface area is 200 Å². The van der Waals surface area contributed by atoms with Gasteiger partial charge in [0.25, 0.3) is 0 Å². The van der Waals surface area contributed by atoms with Gasteiger partial charge in [0.05, 0.1) is 29.8 Å². The van der Waals surface area contributed by atoms with E-state index in [0.29, 0.717) is 17.5 Å². The average molecular weight is 498 g/mol. The Balaban J connectivity index is 1.23. The first-order chi connectivity index (χ1) is 16.2. The predicted molar refractivity (Wildman–Crippen MR) is 127 cm³/mol. The molecule has 1 aliphatic heterocycles. The SMILES string of the molecule is CSCC(O)[C@H]1CC[C@H](N2CC(NC(=O)CNc3ncnc4ccc(C(F)(F)F)cc34)C2)CC1. The lowest BCUT2D eigenvalue weighted by Crippen LogP contribution is -2.63. The van der Waals surface area contributed by atoms with Crippen molar-refractivity contribution in [2.45, 2.75) is 50.0 Å². The number of hydrogen-bond acceptors (Lipinski definition) is 7. The number of carbonyl (C=O) groups is 1. The molecule has 2 heterocycles. The standard InChI is InChI=1S/C23H30F3N5O2S/c1-34-12-20(32)14-2-5-17(6-3-14)31-10-16(11-31)30-21(33)9-27-22-18-8-15(23(24,25)26)4-7-19(18)28-13-29-22/h4,7-8,13-14,16-17,20,32H,2-3,5-6,9-12H2,1H3,(H,30,33)(H,27,28,29)/t14-,17-,20?. The molecule has 0 bridgehead atoms. The molecule has 0 spiro atoms. The summed E-state index contributed by atoms with van der Waals surface area (Å²) in [6.07, 6.45) is 2.78. The molecular formula is C23H30F3N5O2S. The molecule has 34 heavy (non-hydrogen) atoms. The van der Waals surface area contributed by atoms with Crippen LogP contribution in [0.1, 0.15) is 31.2 Å². The van der Waals surface area contributed by atoms with Gasteiger partial charge in [-0.2, -0.15) is 24.9 Å². The quantitative estimate of drug-likeness (QED) is 0.516. The van der Waals surface area contributed by atoms with Crippen LogP contribution >= 0.6 is 11.8 Å². The minimum atomic E-state index is -4.47. The van der Waals surface area contributed by atoms with Gasteiger partial charge in [0.15, 0.2) is 0 Å². The van der Waals surface area contributed by atoms with Gasteiger partial charge in [-0.05, 0) is 56.1 Å². The summed E-state index contributed by atoms with van der Waals surface area (Å²) in [5.41, 5.74) is -0.416. The van der Waals surface area contributed by atoms with Crippen LogP contribution < -0.4 is 10.6 Å². The second-order valence-electron chi connectivity index (χ2n) is 9.12. The number of fused-ring (bicyclic) bond motifs is 1. The van der Waals surface area contributed by atoms with Gasteiger partial charge in [0, 0.05) is 30.3 Å². The fourth-order valence-corrected chi connectivity index (χ4v) is 5.49. The van der Waals surface area contributed by atoms with Crippen molar-refractivity contribution in [1.82, 2.24) is 20.2 Å². The number of anilines is 1. The summed E-state index contributed by atoms with van der Waals surface area (Å²) in [4.78, 5) is 22.8. The average Bonchev–Trinajstić information content (AvgIpc) is 2.79. The molecule has 7 nitrogen and oxygen atoms in total. The molecule has 1 atom stereocenters. The van der Waals surface area contributed by atoms with Crippen LogP contribution in [0.15, 0.2) is 24.5 Å². The molecule has 1 saturated carbocycles. The first-order valence-corrected chi connectivity index (χ1v) is 12.9. The molecule has 1 saturated heterocycles. The molecule has 11 heteroatoms. The van der Waals surface area contributed by atoms with Crippen LogP contribution in [-0.2, 0) is 11.0 Å². The van der Waals surface area contributed by atoms with E-state index in [1.54, 1.807) is 11.8 Å². The maximum atomic E-state index is 13.1. The number of benzene rings is 1. The van der Waals surface area contributed by atoms with E-state index in [2.05, 4.69) is 25.5 Å². The summed E-state index contributed by atoms with van der Waals surface area (Å²) >= 11 is 1.68. The Kier molecular flexibility index (Phi) is 7.83.